The molecule has 3 aliphatic rings. The molecule has 9 rings (SSSR count). The molecule has 0 bridgehead atoms. The van der Waals surface area contributed by atoms with Gasteiger partial charge in [-0.15, -0.1) is 0 Å². The predicted octanol–water partition coefficient (Wildman–Crippen LogP) is 13.4. The van der Waals surface area contributed by atoms with Gasteiger partial charge in [0.05, 0.1) is 11.0 Å². The number of fused-ring (bicyclic) bond motifs is 3. The van der Waals surface area contributed by atoms with E-state index in [0.717, 1.165) is 49.2 Å². The number of nitrogens with zero attached hydrogens (tertiary/aromatic N) is 2. The first kappa shape index (κ1) is 30.2. The maximum Gasteiger partial charge on any atom is 0.0558 e. The second kappa shape index (κ2) is 13.2. The lowest BCUT2D eigenvalue weighted by atomic mass is 9.85. The molecule has 0 spiro atoms. The van der Waals surface area contributed by atoms with Gasteiger partial charge in [-0.05, 0) is 120 Å². The summed E-state index contributed by atoms with van der Waals surface area (Å²) in [5.41, 5.74) is 15.7. The Hall–Kier alpha value is -5.86. The summed E-state index contributed by atoms with van der Waals surface area (Å²) in [6.07, 6.45) is 23.0. The molecule has 0 radical (unpaired) electrons. The first-order chi connectivity index (χ1) is 24.8. The number of aromatic nitrogens is 1. The highest BCUT2D eigenvalue weighted by Gasteiger charge is 2.21. The van der Waals surface area contributed by atoms with Gasteiger partial charge in [0, 0.05) is 33.5 Å². The molecule has 0 aliphatic heterocycles. The van der Waals surface area contributed by atoms with E-state index in [1.165, 1.54) is 67.3 Å². The SMILES string of the molecule is C1=CCCC(C2=CC=C(C3=CC=C(n4c5ccccc5c5ccc(N(c6ccccc6)c6ccc(-c7ccccc7)cc6)cc54)CC3)CC2)=C1. The van der Waals surface area contributed by atoms with E-state index in [4.69, 9.17) is 0 Å². The largest absolute Gasteiger partial charge is 0.313 e. The molecule has 1 heterocycles. The lowest BCUT2D eigenvalue weighted by Gasteiger charge is -2.26. The van der Waals surface area contributed by atoms with Crippen LogP contribution in [0.1, 0.15) is 38.5 Å². The highest BCUT2D eigenvalue weighted by Crippen LogP contribution is 2.42. The highest BCUT2D eigenvalue weighted by molar-refractivity contribution is 6.11. The topological polar surface area (TPSA) is 8.17 Å². The van der Waals surface area contributed by atoms with Crippen molar-refractivity contribution in [2.75, 3.05) is 4.90 Å². The fourth-order valence-electron chi connectivity index (χ4n) is 7.99. The lowest BCUT2D eigenvalue weighted by Crippen LogP contribution is -2.10. The summed E-state index contributed by atoms with van der Waals surface area (Å²) in [5.74, 6) is 0. The summed E-state index contributed by atoms with van der Waals surface area (Å²) in [4.78, 5) is 2.38. The molecule has 2 heteroatoms. The van der Waals surface area contributed by atoms with E-state index in [2.05, 4.69) is 179 Å². The zero-order chi connectivity index (χ0) is 33.3. The zero-order valence-electron chi connectivity index (χ0n) is 28.3. The minimum Gasteiger partial charge on any atom is -0.313 e. The van der Waals surface area contributed by atoms with Gasteiger partial charge >= 0.3 is 0 Å². The van der Waals surface area contributed by atoms with E-state index in [9.17, 15) is 0 Å². The molecular formula is C48H40N2. The van der Waals surface area contributed by atoms with Gasteiger partial charge in [-0.3, -0.25) is 0 Å². The van der Waals surface area contributed by atoms with Gasteiger partial charge in [-0.1, -0.05) is 121 Å². The van der Waals surface area contributed by atoms with E-state index in [-0.39, 0.29) is 0 Å². The quantitative estimate of drug-likeness (QED) is 0.168. The van der Waals surface area contributed by atoms with Crippen LogP contribution in [0.3, 0.4) is 0 Å². The van der Waals surface area contributed by atoms with Crippen LogP contribution in [-0.4, -0.2) is 4.57 Å². The van der Waals surface area contributed by atoms with E-state index in [0.29, 0.717) is 0 Å². The standard InChI is InChI=1S/C48H40N2/c1-4-12-35(13-5-1)37-20-22-38(23-21-37)40-26-30-43(31-27-40)50-47-19-11-10-18-45(47)46-33-32-44(34-48(46)50)49(41-16-8-3-9-17-41)42-28-24-39(25-29-42)36-14-6-2-7-15-36/h1-4,6-12,14-20,22,24-26,28-30,32-34H,5,13,21,23,27,31H2. The van der Waals surface area contributed by atoms with Crippen molar-refractivity contribution in [1.29, 1.82) is 0 Å². The third kappa shape index (κ3) is 5.67. The predicted molar refractivity (Wildman–Crippen MR) is 213 cm³/mol. The summed E-state index contributed by atoms with van der Waals surface area (Å²) in [6.45, 7) is 0. The Morgan fingerprint density at radius 3 is 1.68 bits per heavy atom. The Balaban J connectivity index is 1.11. The third-order valence-electron chi connectivity index (χ3n) is 10.6. The molecule has 0 unspecified atom stereocenters. The number of hydrogen-bond donors (Lipinski definition) is 0. The van der Waals surface area contributed by atoms with Crippen LogP contribution in [0.15, 0.2) is 192 Å². The number of para-hydroxylation sites is 2. The summed E-state index contributed by atoms with van der Waals surface area (Å²) >= 11 is 0. The Morgan fingerprint density at radius 1 is 0.420 bits per heavy atom. The van der Waals surface area contributed by atoms with Crippen molar-refractivity contribution in [1.82, 2.24) is 4.57 Å². The molecule has 0 amide bonds. The highest BCUT2D eigenvalue weighted by atomic mass is 15.1. The fourth-order valence-corrected chi connectivity index (χ4v) is 7.99. The van der Waals surface area contributed by atoms with Crippen molar-refractivity contribution < 1.29 is 0 Å². The van der Waals surface area contributed by atoms with Crippen LogP contribution < -0.4 is 4.90 Å². The summed E-state index contributed by atoms with van der Waals surface area (Å²) in [6, 6.07) is 46.1. The molecule has 2 nitrogen and oxygen atoms in total. The Morgan fingerprint density at radius 2 is 1.00 bits per heavy atom. The molecule has 3 aliphatic carbocycles. The van der Waals surface area contributed by atoms with Gasteiger partial charge in [-0.25, -0.2) is 0 Å². The van der Waals surface area contributed by atoms with Crippen LogP contribution in [0.5, 0.6) is 0 Å². The molecule has 242 valence electrons. The molecule has 1 aromatic heterocycles. The van der Waals surface area contributed by atoms with Gasteiger partial charge in [-0.2, -0.15) is 0 Å². The van der Waals surface area contributed by atoms with Crippen molar-refractivity contribution in [3.05, 3.63) is 192 Å². The fraction of sp³-hybridized carbons (Fsp3) is 0.125. The molecule has 0 saturated heterocycles. The summed E-state index contributed by atoms with van der Waals surface area (Å²) in [7, 11) is 0. The van der Waals surface area contributed by atoms with E-state index >= 15 is 0 Å². The van der Waals surface area contributed by atoms with Crippen LogP contribution in [0.2, 0.25) is 0 Å². The van der Waals surface area contributed by atoms with Crippen molar-refractivity contribution in [2.24, 2.45) is 0 Å². The molecule has 50 heavy (non-hydrogen) atoms. The van der Waals surface area contributed by atoms with E-state index in [1.807, 2.05) is 0 Å². The molecule has 6 aromatic rings. The number of anilines is 3. The molecule has 0 N–H and O–H groups in total. The van der Waals surface area contributed by atoms with Gasteiger partial charge in [0.15, 0.2) is 0 Å². The Labute approximate surface area is 295 Å². The second-order valence-corrected chi connectivity index (χ2v) is 13.5. The second-order valence-electron chi connectivity index (χ2n) is 13.5. The maximum absolute atomic E-state index is 2.51. The first-order valence-electron chi connectivity index (χ1n) is 18.0. The van der Waals surface area contributed by atoms with Crippen LogP contribution in [-0.2, 0) is 0 Å². The van der Waals surface area contributed by atoms with Crippen molar-refractivity contribution in [2.45, 2.75) is 38.5 Å². The van der Waals surface area contributed by atoms with Crippen LogP contribution >= 0.6 is 0 Å². The molecule has 0 fully saturated rings. The van der Waals surface area contributed by atoms with Gasteiger partial charge in [0.1, 0.15) is 0 Å². The van der Waals surface area contributed by atoms with Crippen LogP contribution in [0, 0.1) is 0 Å². The average molecular weight is 645 g/mol. The van der Waals surface area contributed by atoms with Crippen LogP contribution in [0.25, 0.3) is 38.6 Å². The lowest BCUT2D eigenvalue weighted by molar-refractivity contribution is 0.846. The van der Waals surface area contributed by atoms with Gasteiger partial charge < -0.3 is 9.47 Å². The average Bonchev–Trinajstić information content (AvgIpc) is 3.53. The van der Waals surface area contributed by atoms with Gasteiger partial charge in [0.2, 0.25) is 0 Å². The van der Waals surface area contributed by atoms with Crippen molar-refractivity contribution in [3.8, 4) is 11.1 Å². The molecule has 0 atom stereocenters. The summed E-state index contributed by atoms with van der Waals surface area (Å²) < 4.78 is 2.51. The van der Waals surface area contributed by atoms with E-state index < -0.39 is 0 Å². The summed E-state index contributed by atoms with van der Waals surface area (Å²) in [5, 5.41) is 2.58. The minimum absolute atomic E-state index is 1.01. The normalized spacial score (nSPS) is 16.0. The number of allylic oxidation sites excluding steroid dienone is 12. The first-order valence-corrected chi connectivity index (χ1v) is 18.0. The zero-order valence-corrected chi connectivity index (χ0v) is 28.3. The monoisotopic (exact) mass is 644 g/mol. The molecule has 5 aromatic carbocycles. The van der Waals surface area contributed by atoms with Crippen LogP contribution in [0.4, 0.5) is 17.1 Å². The van der Waals surface area contributed by atoms with Crippen molar-refractivity contribution >= 4 is 44.6 Å². The Kier molecular flexibility index (Phi) is 7.99. The van der Waals surface area contributed by atoms with Crippen molar-refractivity contribution in [3.63, 3.8) is 0 Å². The van der Waals surface area contributed by atoms with E-state index in [1.54, 1.807) is 0 Å². The third-order valence-corrected chi connectivity index (χ3v) is 10.6. The maximum atomic E-state index is 2.51. The minimum atomic E-state index is 1.01. The number of benzene rings is 5. The molecule has 0 saturated carbocycles. The number of rotatable bonds is 7. The number of hydrogen-bond acceptors (Lipinski definition) is 1. The smallest absolute Gasteiger partial charge is 0.0558 e. The molecular weight excluding hydrogens is 605 g/mol. The van der Waals surface area contributed by atoms with Gasteiger partial charge in [0.25, 0.3) is 0 Å². The Bertz CT molecular complexity index is 2390.